The van der Waals surface area contributed by atoms with Gasteiger partial charge in [0.1, 0.15) is 17.5 Å². The van der Waals surface area contributed by atoms with Gasteiger partial charge in [-0.15, -0.1) is 0 Å². The van der Waals surface area contributed by atoms with E-state index >= 15 is 0 Å². The van der Waals surface area contributed by atoms with Crippen molar-refractivity contribution in [2.24, 2.45) is 0 Å². The van der Waals surface area contributed by atoms with Crippen LogP contribution in [0.2, 0.25) is 0 Å². The Bertz CT molecular complexity index is 571. The normalized spacial score (nSPS) is 10.4. The van der Waals surface area contributed by atoms with Crippen molar-refractivity contribution in [3.05, 3.63) is 57.7 Å². The van der Waals surface area contributed by atoms with Gasteiger partial charge in [-0.2, -0.15) is 0 Å². The van der Waals surface area contributed by atoms with Gasteiger partial charge in [0.15, 0.2) is 0 Å². The van der Waals surface area contributed by atoms with Gasteiger partial charge >= 0.3 is 0 Å². The third kappa shape index (κ3) is 2.85. The second-order valence-electron chi connectivity index (χ2n) is 3.88. The highest BCUT2D eigenvalue weighted by atomic mass is 79.9. The van der Waals surface area contributed by atoms with E-state index < -0.39 is 11.6 Å². The molecule has 0 amide bonds. The van der Waals surface area contributed by atoms with Gasteiger partial charge in [-0.05, 0) is 52.7 Å². The number of benzene rings is 1. The summed E-state index contributed by atoms with van der Waals surface area (Å²) in [6, 6.07) is 5.24. The smallest absolute Gasteiger partial charge is 0.140 e. The lowest BCUT2D eigenvalue weighted by Crippen LogP contribution is -2.05. The van der Waals surface area contributed by atoms with E-state index in [1.54, 1.807) is 6.20 Å². The molecule has 0 spiro atoms. The predicted molar refractivity (Wildman–Crippen MR) is 70.4 cm³/mol. The maximum absolute atomic E-state index is 13.4. The minimum absolute atomic E-state index is 0.179. The summed E-state index contributed by atoms with van der Waals surface area (Å²) < 4.78 is 27.2. The third-order valence-electron chi connectivity index (χ3n) is 2.54. The number of anilines is 1. The summed E-state index contributed by atoms with van der Waals surface area (Å²) in [5, 5.41) is 2.97. The zero-order valence-electron chi connectivity index (χ0n) is 9.67. The van der Waals surface area contributed by atoms with Crippen molar-refractivity contribution < 1.29 is 8.78 Å². The van der Waals surface area contributed by atoms with Crippen LogP contribution in [-0.2, 0) is 6.54 Å². The number of nitrogens with zero attached hydrogens (tertiary/aromatic N) is 1. The highest BCUT2D eigenvalue weighted by Gasteiger charge is 2.07. The quantitative estimate of drug-likeness (QED) is 0.925. The molecule has 0 aliphatic carbocycles. The number of aryl methyl sites for hydroxylation is 1. The molecule has 2 rings (SSSR count). The van der Waals surface area contributed by atoms with Gasteiger partial charge in [0.2, 0.25) is 0 Å². The summed E-state index contributed by atoms with van der Waals surface area (Å²) in [7, 11) is 0. The van der Waals surface area contributed by atoms with Gasteiger partial charge in [-0.3, -0.25) is 0 Å². The van der Waals surface area contributed by atoms with Crippen LogP contribution in [-0.4, -0.2) is 4.98 Å². The number of halogens is 3. The van der Waals surface area contributed by atoms with E-state index in [9.17, 15) is 8.78 Å². The van der Waals surface area contributed by atoms with Crippen molar-refractivity contribution in [2.75, 3.05) is 5.32 Å². The molecule has 5 heteroatoms. The molecule has 1 aromatic carbocycles. The fourth-order valence-electron chi connectivity index (χ4n) is 1.52. The fourth-order valence-corrected chi connectivity index (χ4v) is 1.90. The number of hydrogen-bond donors (Lipinski definition) is 1. The summed E-state index contributed by atoms with van der Waals surface area (Å²) in [5.41, 5.74) is 1.29. The van der Waals surface area contributed by atoms with E-state index in [4.69, 9.17) is 0 Å². The first-order valence-electron chi connectivity index (χ1n) is 5.37. The summed E-state index contributed by atoms with van der Waals surface area (Å²) >= 11 is 3.39. The highest BCUT2D eigenvalue weighted by Crippen LogP contribution is 2.24. The Morgan fingerprint density at radius 3 is 2.83 bits per heavy atom. The molecule has 0 atom stereocenters. The van der Waals surface area contributed by atoms with Crippen molar-refractivity contribution in [3.63, 3.8) is 0 Å². The Kier molecular flexibility index (Phi) is 3.91. The second kappa shape index (κ2) is 5.44. The molecular weight excluding hydrogens is 302 g/mol. The Morgan fingerprint density at radius 1 is 1.28 bits per heavy atom. The fraction of sp³-hybridized carbons (Fsp3) is 0.154. The highest BCUT2D eigenvalue weighted by molar-refractivity contribution is 9.10. The molecule has 94 valence electrons. The van der Waals surface area contributed by atoms with Gasteiger partial charge < -0.3 is 5.32 Å². The van der Waals surface area contributed by atoms with Crippen molar-refractivity contribution in [1.29, 1.82) is 0 Å². The lowest BCUT2D eigenvalue weighted by atomic mass is 10.2. The lowest BCUT2D eigenvalue weighted by molar-refractivity contribution is 0.587. The molecule has 0 radical (unpaired) electrons. The second-order valence-corrected chi connectivity index (χ2v) is 4.67. The van der Waals surface area contributed by atoms with Crippen LogP contribution in [0, 0.1) is 18.6 Å². The lowest BCUT2D eigenvalue weighted by Gasteiger charge is -2.09. The van der Waals surface area contributed by atoms with E-state index in [1.165, 1.54) is 6.07 Å². The van der Waals surface area contributed by atoms with Crippen LogP contribution in [0.15, 0.2) is 34.9 Å². The molecule has 2 aromatic rings. The number of nitrogens with one attached hydrogen (secondary N) is 1. The van der Waals surface area contributed by atoms with Crippen LogP contribution in [0.5, 0.6) is 0 Å². The van der Waals surface area contributed by atoms with E-state index in [0.29, 0.717) is 5.82 Å². The maximum Gasteiger partial charge on any atom is 0.140 e. The Hall–Kier alpha value is -1.49. The predicted octanol–water partition coefficient (Wildman–Crippen LogP) is 4.04. The molecule has 1 aromatic heterocycles. The van der Waals surface area contributed by atoms with Gasteiger partial charge in [-0.25, -0.2) is 13.8 Å². The Morgan fingerprint density at radius 2 is 2.06 bits per heavy atom. The summed E-state index contributed by atoms with van der Waals surface area (Å²) in [5.74, 6) is -0.282. The number of pyridine rings is 1. The standard InChI is InChI=1S/C13H11BrF2N2/c1-8-4-5-17-13(12(8)14)18-7-9-6-10(15)2-3-11(9)16/h2-6H,7H2,1H3,(H,17,18). The van der Waals surface area contributed by atoms with E-state index in [1.807, 2.05) is 13.0 Å². The summed E-state index contributed by atoms with van der Waals surface area (Å²) in [6.07, 6.45) is 1.66. The molecule has 0 bridgehead atoms. The largest absolute Gasteiger partial charge is 0.365 e. The first-order chi connectivity index (χ1) is 8.58. The SMILES string of the molecule is Cc1ccnc(NCc2cc(F)ccc2F)c1Br. The van der Waals surface area contributed by atoms with Crippen LogP contribution in [0.25, 0.3) is 0 Å². The van der Waals surface area contributed by atoms with Gasteiger partial charge in [0, 0.05) is 18.3 Å². The van der Waals surface area contributed by atoms with Crippen LogP contribution in [0.4, 0.5) is 14.6 Å². The van der Waals surface area contributed by atoms with Crippen LogP contribution < -0.4 is 5.32 Å². The summed E-state index contributed by atoms with van der Waals surface area (Å²) in [4.78, 5) is 4.13. The number of aromatic nitrogens is 1. The minimum Gasteiger partial charge on any atom is -0.365 e. The van der Waals surface area contributed by atoms with Gasteiger partial charge in [-0.1, -0.05) is 0 Å². The first-order valence-corrected chi connectivity index (χ1v) is 6.16. The van der Waals surface area contributed by atoms with E-state index in [0.717, 1.165) is 22.2 Å². The molecule has 0 aliphatic rings. The summed E-state index contributed by atoms with van der Waals surface area (Å²) in [6.45, 7) is 2.11. The number of rotatable bonds is 3. The molecule has 1 heterocycles. The molecule has 2 nitrogen and oxygen atoms in total. The molecule has 0 saturated carbocycles. The minimum atomic E-state index is -0.454. The average molecular weight is 313 g/mol. The molecule has 0 saturated heterocycles. The van der Waals surface area contributed by atoms with E-state index in [-0.39, 0.29) is 12.1 Å². The molecule has 0 aliphatic heterocycles. The van der Waals surface area contributed by atoms with Crippen molar-refractivity contribution in [2.45, 2.75) is 13.5 Å². The van der Waals surface area contributed by atoms with Crippen LogP contribution >= 0.6 is 15.9 Å². The van der Waals surface area contributed by atoms with Crippen LogP contribution in [0.1, 0.15) is 11.1 Å². The maximum atomic E-state index is 13.4. The Labute approximate surface area is 112 Å². The Balaban J connectivity index is 2.16. The van der Waals surface area contributed by atoms with Gasteiger partial charge in [0.25, 0.3) is 0 Å². The first kappa shape index (κ1) is 13.0. The monoisotopic (exact) mass is 312 g/mol. The van der Waals surface area contributed by atoms with Crippen molar-refractivity contribution in [1.82, 2.24) is 4.98 Å². The van der Waals surface area contributed by atoms with Crippen LogP contribution in [0.3, 0.4) is 0 Å². The zero-order valence-corrected chi connectivity index (χ0v) is 11.3. The zero-order chi connectivity index (χ0) is 13.1. The topological polar surface area (TPSA) is 24.9 Å². The third-order valence-corrected chi connectivity index (χ3v) is 3.54. The van der Waals surface area contributed by atoms with Gasteiger partial charge in [0.05, 0.1) is 4.47 Å². The van der Waals surface area contributed by atoms with Crippen molar-refractivity contribution in [3.8, 4) is 0 Å². The molecule has 1 N–H and O–H groups in total. The molecule has 18 heavy (non-hydrogen) atoms. The number of hydrogen-bond acceptors (Lipinski definition) is 2. The van der Waals surface area contributed by atoms with Crippen molar-refractivity contribution >= 4 is 21.7 Å². The molecular formula is C13H11BrF2N2. The average Bonchev–Trinajstić information content (AvgIpc) is 2.35. The molecule has 0 fully saturated rings. The molecule has 0 unspecified atom stereocenters. The van der Waals surface area contributed by atoms with E-state index in [2.05, 4.69) is 26.2 Å².